The maximum atomic E-state index is 12.2. The summed E-state index contributed by atoms with van der Waals surface area (Å²) in [6.07, 6.45) is -4.20. The number of nitrogens with one attached hydrogen (secondary N) is 1. The van der Waals surface area contributed by atoms with Crippen LogP contribution in [0.1, 0.15) is 20.3 Å². The van der Waals surface area contributed by atoms with Crippen molar-refractivity contribution in [3.8, 4) is 0 Å². The molecule has 7 heteroatoms. The highest BCUT2D eigenvalue weighted by Crippen LogP contribution is 2.21. The Kier molecular flexibility index (Phi) is 3.44. The van der Waals surface area contributed by atoms with Gasteiger partial charge in [0.15, 0.2) is 0 Å². The van der Waals surface area contributed by atoms with E-state index < -0.39 is 36.6 Å². The lowest BCUT2D eigenvalue weighted by molar-refractivity contribution is -0.173. The molecule has 4 nitrogen and oxygen atoms in total. The zero-order valence-corrected chi connectivity index (χ0v) is 8.97. The van der Waals surface area contributed by atoms with Crippen molar-refractivity contribution in [2.24, 2.45) is 0 Å². The molecule has 0 bridgehead atoms. The minimum atomic E-state index is -4.49. The van der Waals surface area contributed by atoms with Crippen LogP contribution in [0.3, 0.4) is 0 Å². The summed E-state index contributed by atoms with van der Waals surface area (Å²) in [7, 11) is 0. The van der Waals surface area contributed by atoms with Gasteiger partial charge in [-0.3, -0.25) is 9.59 Å². The van der Waals surface area contributed by atoms with E-state index in [1.165, 1.54) is 6.92 Å². The molecule has 1 rings (SSSR count). The Morgan fingerprint density at radius 3 is 2.38 bits per heavy atom. The highest BCUT2D eigenvalue weighted by atomic mass is 19.4. The van der Waals surface area contributed by atoms with Crippen molar-refractivity contribution in [1.82, 2.24) is 10.2 Å². The number of hydrogen-bond donors (Lipinski definition) is 1. The maximum absolute atomic E-state index is 12.2. The van der Waals surface area contributed by atoms with Crippen molar-refractivity contribution in [3.05, 3.63) is 0 Å². The van der Waals surface area contributed by atoms with E-state index in [1.807, 2.05) is 0 Å². The number of carbonyl (C=O) groups is 2. The second-order valence-electron chi connectivity index (χ2n) is 3.73. The van der Waals surface area contributed by atoms with E-state index in [0.29, 0.717) is 4.90 Å². The van der Waals surface area contributed by atoms with Gasteiger partial charge in [0.25, 0.3) is 0 Å². The average molecular weight is 238 g/mol. The van der Waals surface area contributed by atoms with E-state index in [0.717, 1.165) is 0 Å². The molecular formula is C9H13F3N2O2. The number of alkyl halides is 3. The predicted molar refractivity (Wildman–Crippen MR) is 49.5 cm³/mol. The highest BCUT2D eigenvalue weighted by molar-refractivity contribution is 5.96. The third-order valence-corrected chi connectivity index (χ3v) is 2.50. The summed E-state index contributed by atoms with van der Waals surface area (Å²) in [4.78, 5) is 23.5. The minimum Gasteiger partial charge on any atom is -0.343 e. The Labute approximate surface area is 90.8 Å². The van der Waals surface area contributed by atoms with Gasteiger partial charge in [0.1, 0.15) is 18.6 Å². The van der Waals surface area contributed by atoms with Gasteiger partial charge in [0.2, 0.25) is 11.8 Å². The molecular weight excluding hydrogens is 225 g/mol. The summed E-state index contributed by atoms with van der Waals surface area (Å²) < 4.78 is 36.7. The summed E-state index contributed by atoms with van der Waals surface area (Å²) in [6, 6.07) is -1.91. The molecule has 16 heavy (non-hydrogen) atoms. The fraction of sp³-hybridized carbons (Fsp3) is 0.778. The number of hydrogen-bond acceptors (Lipinski definition) is 2. The van der Waals surface area contributed by atoms with Gasteiger partial charge in [0.05, 0.1) is 0 Å². The molecule has 2 atom stereocenters. The average Bonchev–Trinajstić information content (AvgIpc) is 2.17. The first-order chi connectivity index (χ1) is 7.26. The van der Waals surface area contributed by atoms with Crippen LogP contribution in [0.4, 0.5) is 13.2 Å². The number of halogens is 3. The van der Waals surface area contributed by atoms with Crippen LogP contribution in [-0.2, 0) is 9.59 Å². The molecule has 1 heterocycles. The van der Waals surface area contributed by atoms with Crippen LogP contribution in [0.2, 0.25) is 0 Å². The Bertz CT molecular complexity index is 304. The van der Waals surface area contributed by atoms with Crippen LogP contribution in [0, 0.1) is 0 Å². The van der Waals surface area contributed by atoms with Crippen LogP contribution >= 0.6 is 0 Å². The van der Waals surface area contributed by atoms with Crippen molar-refractivity contribution in [2.45, 2.75) is 38.5 Å². The molecule has 0 aliphatic carbocycles. The van der Waals surface area contributed by atoms with E-state index in [2.05, 4.69) is 5.32 Å². The van der Waals surface area contributed by atoms with E-state index in [1.54, 1.807) is 6.92 Å². The largest absolute Gasteiger partial charge is 0.406 e. The summed E-state index contributed by atoms with van der Waals surface area (Å²) in [5.74, 6) is -1.22. The fourth-order valence-electron chi connectivity index (χ4n) is 1.57. The quantitative estimate of drug-likeness (QED) is 0.768. The smallest absolute Gasteiger partial charge is 0.343 e. The first-order valence-electron chi connectivity index (χ1n) is 4.94. The lowest BCUT2D eigenvalue weighted by Gasteiger charge is -2.37. The van der Waals surface area contributed by atoms with Gasteiger partial charge in [-0.2, -0.15) is 13.2 Å². The van der Waals surface area contributed by atoms with Crippen molar-refractivity contribution in [1.29, 1.82) is 0 Å². The summed E-state index contributed by atoms with van der Waals surface area (Å²) in [5, 5.41) is 2.38. The highest BCUT2D eigenvalue weighted by Gasteiger charge is 2.42. The third kappa shape index (κ3) is 2.65. The Morgan fingerprint density at radius 1 is 1.38 bits per heavy atom. The second-order valence-corrected chi connectivity index (χ2v) is 3.73. The molecule has 0 aromatic carbocycles. The van der Waals surface area contributed by atoms with E-state index >= 15 is 0 Å². The van der Waals surface area contributed by atoms with Crippen LogP contribution in [0.5, 0.6) is 0 Å². The predicted octanol–water partition coefficient (Wildman–Crippen LogP) is 0.674. The number of amides is 2. The number of nitrogens with zero attached hydrogens (tertiary/aromatic N) is 1. The van der Waals surface area contributed by atoms with Gasteiger partial charge in [-0.1, -0.05) is 6.92 Å². The van der Waals surface area contributed by atoms with Gasteiger partial charge in [-0.25, -0.2) is 0 Å². The Hall–Kier alpha value is -1.27. The molecule has 0 aromatic rings. The zero-order chi connectivity index (χ0) is 12.5. The molecule has 92 valence electrons. The standard InChI is InChI=1S/C9H13F3N2O2/c1-3-6-8(16)14(4-9(10,11)12)5(2)7(15)13-6/h5-6H,3-4H2,1-2H3,(H,13,15). The van der Waals surface area contributed by atoms with Crippen LogP contribution in [-0.4, -0.2) is 41.5 Å². The third-order valence-electron chi connectivity index (χ3n) is 2.50. The molecule has 1 fully saturated rings. The molecule has 0 aromatic heterocycles. The van der Waals surface area contributed by atoms with Gasteiger partial charge in [-0.15, -0.1) is 0 Å². The number of piperazine rings is 1. The minimum absolute atomic E-state index is 0.283. The number of carbonyl (C=O) groups excluding carboxylic acids is 2. The molecule has 0 spiro atoms. The lowest BCUT2D eigenvalue weighted by Crippen LogP contribution is -2.63. The second kappa shape index (κ2) is 4.31. The van der Waals surface area contributed by atoms with Gasteiger partial charge in [0, 0.05) is 0 Å². The number of rotatable bonds is 2. The normalized spacial score (nSPS) is 26.9. The van der Waals surface area contributed by atoms with Gasteiger partial charge in [-0.05, 0) is 13.3 Å². The summed E-state index contributed by atoms with van der Waals surface area (Å²) in [6.45, 7) is 1.53. The molecule has 1 saturated heterocycles. The van der Waals surface area contributed by atoms with Crippen LogP contribution in [0.25, 0.3) is 0 Å². The van der Waals surface area contributed by atoms with E-state index in [-0.39, 0.29) is 6.42 Å². The van der Waals surface area contributed by atoms with Crippen molar-refractivity contribution >= 4 is 11.8 Å². The summed E-state index contributed by atoms with van der Waals surface area (Å²) >= 11 is 0. The first-order valence-corrected chi connectivity index (χ1v) is 4.94. The van der Waals surface area contributed by atoms with Crippen molar-refractivity contribution in [3.63, 3.8) is 0 Å². The SMILES string of the molecule is CCC1NC(=O)C(C)N(CC(F)(F)F)C1=O. The molecule has 0 radical (unpaired) electrons. The summed E-state index contributed by atoms with van der Waals surface area (Å²) in [5.41, 5.74) is 0. The van der Waals surface area contributed by atoms with Gasteiger partial charge >= 0.3 is 6.18 Å². The molecule has 1 aliphatic rings. The fourth-order valence-corrected chi connectivity index (χ4v) is 1.57. The lowest BCUT2D eigenvalue weighted by atomic mass is 10.1. The molecule has 1 aliphatic heterocycles. The van der Waals surface area contributed by atoms with Crippen molar-refractivity contribution < 1.29 is 22.8 Å². The van der Waals surface area contributed by atoms with E-state index in [4.69, 9.17) is 0 Å². The Balaban J connectivity index is 2.86. The first kappa shape index (κ1) is 12.8. The molecule has 1 N–H and O–H groups in total. The molecule has 2 amide bonds. The molecule has 2 unspecified atom stereocenters. The van der Waals surface area contributed by atoms with Gasteiger partial charge < -0.3 is 10.2 Å². The topological polar surface area (TPSA) is 49.4 Å². The Morgan fingerprint density at radius 2 is 1.94 bits per heavy atom. The van der Waals surface area contributed by atoms with Crippen LogP contribution < -0.4 is 5.32 Å². The monoisotopic (exact) mass is 238 g/mol. The molecule has 0 saturated carbocycles. The van der Waals surface area contributed by atoms with E-state index in [9.17, 15) is 22.8 Å². The van der Waals surface area contributed by atoms with Crippen molar-refractivity contribution in [2.75, 3.05) is 6.54 Å². The maximum Gasteiger partial charge on any atom is 0.406 e. The zero-order valence-electron chi connectivity index (χ0n) is 8.97. The van der Waals surface area contributed by atoms with Crippen LogP contribution in [0.15, 0.2) is 0 Å².